The van der Waals surface area contributed by atoms with Gasteiger partial charge in [-0.05, 0) is 57.4 Å². The van der Waals surface area contributed by atoms with Gasteiger partial charge in [0.2, 0.25) is 0 Å². The van der Waals surface area contributed by atoms with E-state index in [9.17, 15) is 4.79 Å². The number of likely N-dealkylation sites (tertiary alicyclic amines) is 1. The van der Waals surface area contributed by atoms with Crippen molar-refractivity contribution in [2.45, 2.75) is 58.5 Å². The molecule has 0 spiro atoms. The van der Waals surface area contributed by atoms with Crippen LogP contribution in [0.1, 0.15) is 66.2 Å². The maximum absolute atomic E-state index is 12.6. The fourth-order valence-corrected chi connectivity index (χ4v) is 4.14. The number of furan rings is 1. The highest BCUT2D eigenvalue weighted by atomic mass is 16.3. The van der Waals surface area contributed by atoms with E-state index in [2.05, 4.69) is 23.0 Å². The van der Waals surface area contributed by atoms with Crippen LogP contribution >= 0.6 is 0 Å². The lowest BCUT2D eigenvalue weighted by Gasteiger charge is -2.21. The minimum Gasteiger partial charge on any atom is -0.466 e. The molecular formula is C21H30N4O2. The highest BCUT2D eigenvalue weighted by Gasteiger charge is 2.25. The van der Waals surface area contributed by atoms with Crippen molar-refractivity contribution in [2.75, 3.05) is 26.2 Å². The van der Waals surface area contributed by atoms with E-state index in [-0.39, 0.29) is 5.91 Å². The second-order valence-electron chi connectivity index (χ2n) is 8.01. The summed E-state index contributed by atoms with van der Waals surface area (Å²) < 4.78 is 7.81. The van der Waals surface area contributed by atoms with Crippen molar-refractivity contribution in [3.63, 3.8) is 0 Å². The number of amides is 1. The van der Waals surface area contributed by atoms with E-state index < -0.39 is 0 Å². The molecule has 4 heterocycles. The molecule has 1 unspecified atom stereocenters. The summed E-state index contributed by atoms with van der Waals surface area (Å²) in [6, 6.07) is 6.14. The molecule has 0 bridgehead atoms. The fourth-order valence-electron chi connectivity index (χ4n) is 4.14. The molecular weight excluding hydrogens is 340 g/mol. The van der Waals surface area contributed by atoms with Crippen molar-refractivity contribution in [1.82, 2.24) is 19.6 Å². The van der Waals surface area contributed by atoms with Crippen LogP contribution < -0.4 is 0 Å². The van der Waals surface area contributed by atoms with Gasteiger partial charge in [0, 0.05) is 38.6 Å². The Morgan fingerprint density at radius 2 is 2.00 bits per heavy atom. The Morgan fingerprint density at radius 1 is 1.19 bits per heavy atom. The number of hydrogen-bond donors (Lipinski definition) is 0. The zero-order valence-electron chi connectivity index (χ0n) is 16.5. The van der Waals surface area contributed by atoms with Crippen molar-refractivity contribution in [2.24, 2.45) is 0 Å². The zero-order valence-corrected chi connectivity index (χ0v) is 16.5. The number of fused-ring (bicyclic) bond motifs is 1. The van der Waals surface area contributed by atoms with E-state index in [0.717, 1.165) is 82.2 Å². The molecule has 0 aromatic carbocycles. The van der Waals surface area contributed by atoms with E-state index in [1.165, 1.54) is 0 Å². The van der Waals surface area contributed by atoms with E-state index in [1.54, 1.807) is 0 Å². The third-order valence-electron chi connectivity index (χ3n) is 5.83. The van der Waals surface area contributed by atoms with Gasteiger partial charge in [-0.3, -0.25) is 14.4 Å². The summed E-state index contributed by atoms with van der Waals surface area (Å²) in [5.74, 6) is 2.57. The number of nitrogens with zero attached hydrogens (tertiary/aromatic N) is 4. The summed E-state index contributed by atoms with van der Waals surface area (Å²) in [6.45, 7) is 9.83. The number of aromatic nitrogens is 2. The van der Waals surface area contributed by atoms with Crippen molar-refractivity contribution in [3.8, 4) is 0 Å². The topological polar surface area (TPSA) is 54.5 Å². The Labute approximate surface area is 161 Å². The van der Waals surface area contributed by atoms with E-state index in [4.69, 9.17) is 4.42 Å². The minimum absolute atomic E-state index is 0.0986. The van der Waals surface area contributed by atoms with Crippen LogP contribution in [0.25, 0.3) is 0 Å². The first-order chi connectivity index (χ1) is 13.1. The number of carbonyl (C=O) groups is 1. The van der Waals surface area contributed by atoms with Gasteiger partial charge in [-0.2, -0.15) is 5.10 Å². The second-order valence-corrected chi connectivity index (χ2v) is 8.01. The van der Waals surface area contributed by atoms with Gasteiger partial charge in [-0.1, -0.05) is 6.92 Å². The average molecular weight is 370 g/mol. The van der Waals surface area contributed by atoms with Crippen molar-refractivity contribution in [3.05, 3.63) is 41.1 Å². The lowest BCUT2D eigenvalue weighted by atomic mass is 10.0. The summed E-state index contributed by atoms with van der Waals surface area (Å²) in [5, 5.41) is 4.62. The van der Waals surface area contributed by atoms with Gasteiger partial charge >= 0.3 is 0 Å². The summed E-state index contributed by atoms with van der Waals surface area (Å²) in [4.78, 5) is 17.1. The molecule has 1 fully saturated rings. The van der Waals surface area contributed by atoms with E-state index in [1.807, 2.05) is 28.6 Å². The van der Waals surface area contributed by atoms with Crippen LogP contribution in [0, 0.1) is 6.92 Å². The highest BCUT2D eigenvalue weighted by Crippen LogP contribution is 2.23. The predicted molar refractivity (Wildman–Crippen MR) is 104 cm³/mol. The first-order valence-corrected chi connectivity index (χ1v) is 10.2. The summed E-state index contributed by atoms with van der Waals surface area (Å²) in [7, 11) is 0. The number of carbonyl (C=O) groups excluding carboxylic acids is 1. The molecule has 2 aromatic rings. The molecule has 1 saturated heterocycles. The molecule has 2 aliphatic heterocycles. The number of hydrogen-bond acceptors (Lipinski definition) is 4. The normalized spacial score (nSPS) is 19.1. The Morgan fingerprint density at radius 3 is 2.74 bits per heavy atom. The molecule has 27 heavy (non-hydrogen) atoms. The maximum atomic E-state index is 12.6. The third-order valence-corrected chi connectivity index (χ3v) is 5.83. The zero-order chi connectivity index (χ0) is 18.8. The molecule has 6 nitrogen and oxygen atoms in total. The Hall–Kier alpha value is -2.08. The highest BCUT2D eigenvalue weighted by molar-refractivity contribution is 5.92. The van der Waals surface area contributed by atoms with Gasteiger partial charge in [-0.25, -0.2) is 0 Å². The van der Waals surface area contributed by atoms with Gasteiger partial charge < -0.3 is 9.32 Å². The standard InChI is InChI=1S/C21H30N4O2/c1-16(20-7-6-17(2)27-20)8-13-23-9-5-12-25-18(15-23)14-19(22-25)21(26)24-10-3-4-11-24/h6-7,14,16H,3-5,8-13,15H2,1-2H3. The molecule has 0 N–H and O–H groups in total. The molecule has 2 aliphatic rings. The van der Waals surface area contributed by atoms with Gasteiger partial charge in [0.25, 0.3) is 5.91 Å². The molecule has 6 heteroatoms. The van der Waals surface area contributed by atoms with Crippen molar-refractivity contribution in [1.29, 1.82) is 0 Å². The fraction of sp³-hybridized carbons (Fsp3) is 0.619. The van der Waals surface area contributed by atoms with Crippen LogP contribution in [0.2, 0.25) is 0 Å². The first kappa shape index (κ1) is 18.3. The number of aryl methyl sites for hydroxylation is 2. The molecule has 0 radical (unpaired) electrons. The molecule has 1 amide bonds. The smallest absolute Gasteiger partial charge is 0.274 e. The minimum atomic E-state index is 0.0986. The summed E-state index contributed by atoms with van der Waals surface area (Å²) in [5.41, 5.74) is 1.78. The summed E-state index contributed by atoms with van der Waals surface area (Å²) >= 11 is 0. The first-order valence-electron chi connectivity index (χ1n) is 10.2. The van der Waals surface area contributed by atoms with Crippen molar-refractivity contribution >= 4 is 5.91 Å². The van der Waals surface area contributed by atoms with Gasteiger partial charge in [0.05, 0.1) is 5.69 Å². The van der Waals surface area contributed by atoms with Crippen LogP contribution in [-0.4, -0.2) is 51.7 Å². The monoisotopic (exact) mass is 370 g/mol. The largest absolute Gasteiger partial charge is 0.466 e. The van der Waals surface area contributed by atoms with Crippen LogP contribution in [0.3, 0.4) is 0 Å². The van der Waals surface area contributed by atoms with Gasteiger partial charge in [-0.15, -0.1) is 0 Å². The van der Waals surface area contributed by atoms with E-state index >= 15 is 0 Å². The molecule has 0 aliphatic carbocycles. The van der Waals surface area contributed by atoms with Crippen LogP contribution in [-0.2, 0) is 13.1 Å². The Kier molecular flexibility index (Phi) is 5.34. The SMILES string of the molecule is Cc1ccc(C(C)CCN2CCCn3nc(C(=O)N4CCCC4)cc3C2)o1. The lowest BCUT2D eigenvalue weighted by molar-refractivity contribution is 0.0786. The Bertz CT molecular complexity index is 788. The van der Waals surface area contributed by atoms with Gasteiger partial charge in [0.15, 0.2) is 5.69 Å². The molecule has 1 atom stereocenters. The Balaban J connectivity index is 1.38. The predicted octanol–water partition coefficient (Wildman–Crippen LogP) is 3.42. The quantitative estimate of drug-likeness (QED) is 0.809. The van der Waals surface area contributed by atoms with E-state index in [0.29, 0.717) is 11.6 Å². The lowest BCUT2D eigenvalue weighted by Crippen LogP contribution is -2.28. The molecule has 146 valence electrons. The van der Waals surface area contributed by atoms with Crippen molar-refractivity contribution < 1.29 is 9.21 Å². The molecule has 4 rings (SSSR count). The third kappa shape index (κ3) is 4.10. The average Bonchev–Trinajstić information content (AvgIpc) is 3.39. The maximum Gasteiger partial charge on any atom is 0.274 e. The molecule has 2 aromatic heterocycles. The van der Waals surface area contributed by atoms with Crippen LogP contribution in [0.15, 0.2) is 22.6 Å². The van der Waals surface area contributed by atoms with Crippen LogP contribution in [0.5, 0.6) is 0 Å². The second kappa shape index (κ2) is 7.89. The van der Waals surface area contributed by atoms with Gasteiger partial charge in [0.1, 0.15) is 11.5 Å². The summed E-state index contributed by atoms with van der Waals surface area (Å²) in [6.07, 6.45) is 4.36. The number of rotatable bonds is 5. The van der Waals surface area contributed by atoms with Crippen LogP contribution in [0.4, 0.5) is 0 Å². The molecule has 0 saturated carbocycles.